The first-order valence-corrected chi connectivity index (χ1v) is 9.66. The highest BCUT2D eigenvalue weighted by atomic mass is 32.1. The minimum atomic E-state index is -0.210. The fraction of sp³-hybridized carbons (Fsp3) is 0.300. The number of amides is 1. The molecule has 4 rings (SSSR count). The number of fused-ring (bicyclic) bond motifs is 1. The Morgan fingerprint density at radius 2 is 1.92 bits per heavy atom. The molecule has 2 aromatic carbocycles. The van der Waals surface area contributed by atoms with Gasteiger partial charge in [-0.1, -0.05) is 12.1 Å². The molecule has 1 fully saturated rings. The van der Waals surface area contributed by atoms with Crippen molar-refractivity contribution in [3.05, 3.63) is 64.9 Å². The molecule has 0 atom stereocenters. The molecule has 1 aromatic heterocycles. The number of carbonyl (C=O) groups is 1. The summed E-state index contributed by atoms with van der Waals surface area (Å²) in [4.78, 5) is 21.4. The fourth-order valence-corrected chi connectivity index (χ4v) is 4.01. The number of rotatable bonds is 3. The zero-order valence-electron chi connectivity index (χ0n) is 14.4. The van der Waals surface area contributed by atoms with Crippen LogP contribution in [0.1, 0.15) is 22.3 Å². The van der Waals surface area contributed by atoms with E-state index in [1.54, 1.807) is 16.8 Å². The molecule has 0 bridgehead atoms. The Morgan fingerprint density at radius 3 is 2.77 bits per heavy atom. The summed E-state index contributed by atoms with van der Waals surface area (Å²) in [7, 11) is 0. The van der Waals surface area contributed by atoms with E-state index in [1.807, 2.05) is 35.2 Å². The third kappa shape index (κ3) is 3.76. The standard InChI is InChI=1S/C20H20FN3OS/c21-17-5-2-15(3-6-17)13-23-8-1-9-24(11-10-23)20(25)16-4-7-19-18(12-16)22-14-26-19/h2-7,12,14H,1,8-11,13H2. The average molecular weight is 369 g/mol. The Balaban J connectivity index is 1.41. The molecule has 0 N–H and O–H groups in total. The van der Waals surface area contributed by atoms with Gasteiger partial charge in [0, 0.05) is 38.3 Å². The molecular weight excluding hydrogens is 349 g/mol. The molecular formula is C20H20FN3OS. The number of nitrogens with zero attached hydrogens (tertiary/aromatic N) is 3. The highest BCUT2D eigenvalue weighted by Gasteiger charge is 2.20. The molecule has 0 aliphatic carbocycles. The van der Waals surface area contributed by atoms with Gasteiger partial charge in [0.15, 0.2) is 0 Å². The first-order chi connectivity index (χ1) is 12.7. The summed E-state index contributed by atoms with van der Waals surface area (Å²) in [6.45, 7) is 4.00. The second-order valence-electron chi connectivity index (χ2n) is 6.58. The van der Waals surface area contributed by atoms with E-state index in [0.717, 1.165) is 48.4 Å². The first-order valence-electron chi connectivity index (χ1n) is 8.78. The minimum absolute atomic E-state index is 0.0727. The summed E-state index contributed by atoms with van der Waals surface area (Å²) >= 11 is 1.58. The Kier molecular flexibility index (Phi) is 4.95. The van der Waals surface area contributed by atoms with E-state index in [2.05, 4.69) is 9.88 Å². The maximum absolute atomic E-state index is 13.0. The van der Waals surface area contributed by atoms with Crippen LogP contribution in [0.5, 0.6) is 0 Å². The number of halogens is 1. The van der Waals surface area contributed by atoms with Gasteiger partial charge in [0.1, 0.15) is 5.82 Å². The van der Waals surface area contributed by atoms with Crippen molar-refractivity contribution in [1.82, 2.24) is 14.8 Å². The predicted octanol–water partition coefficient (Wildman–Crippen LogP) is 3.78. The highest BCUT2D eigenvalue weighted by molar-refractivity contribution is 7.16. The van der Waals surface area contributed by atoms with Crippen LogP contribution in [0.25, 0.3) is 10.2 Å². The van der Waals surface area contributed by atoms with Crippen LogP contribution in [-0.4, -0.2) is 46.9 Å². The number of thiazole rings is 1. The third-order valence-corrected chi connectivity index (χ3v) is 5.58. The van der Waals surface area contributed by atoms with E-state index in [0.29, 0.717) is 12.1 Å². The van der Waals surface area contributed by atoms with Crippen LogP contribution in [0.4, 0.5) is 4.39 Å². The number of benzene rings is 2. The van der Waals surface area contributed by atoms with Crippen molar-refractivity contribution in [3.63, 3.8) is 0 Å². The van der Waals surface area contributed by atoms with Crippen molar-refractivity contribution in [1.29, 1.82) is 0 Å². The van der Waals surface area contributed by atoms with Crippen molar-refractivity contribution in [3.8, 4) is 0 Å². The number of hydrogen-bond donors (Lipinski definition) is 0. The van der Waals surface area contributed by atoms with Gasteiger partial charge < -0.3 is 4.90 Å². The second-order valence-corrected chi connectivity index (χ2v) is 7.47. The van der Waals surface area contributed by atoms with Gasteiger partial charge in [-0.05, 0) is 42.3 Å². The van der Waals surface area contributed by atoms with Crippen LogP contribution in [0, 0.1) is 5.82 Å². The van der Waals surface area contributed by atoms with Gasteiger partial charge in [0.05, 0.1) is 15.7 Å². The van der Waals surface area contributed by atoms with E-state index in [9.17, 15) is 9.18 Å². The van der Waals surface area contributed by atoms with Gasteiger partial charge >= 0.3 is 0 Å². The van der Waals surface area contributed by atoms with Crippen LogP contribution in [0.3, 0.4) is 0 Å². The predicted molar refractivity (Wildman–Crippen MR) is 102 cm³/mol. The molecule has 6 heteroatoms. The third-order valence-electron chi connectivity index (χ3n) is 4.77. The topological polar surface area (TPSA) is 36.4 Å². The molecule has 0 spiro atoms. The largest absolute Gasteiger partial charge is 0.337 e. The Labute approximate surface area is 155 Å². The molecule has 1 amide bonds. The summed E-state index contributed by atoms with van der Waals surface area (Å²) in [6, 6.07) is 12.4. The van der Waals surface area contributed by atoms with Crippen LogP contribution < -0.4 is 0 Å². The van der Waals surface area contributed by atoms with E-state index in [1.165, 1.54) is 12.1 Å². The summed E-state index contributed by atoms with van der Waals surface area (Å²) in [5.41, 5.74) is 4.49. The number of aromatic nitrogens is 1. The zero-order chi connectivity index (χ0) is 17.9. The quantitative estimate of drug-likeness (QED) is 0.705. The van der Waals surface area contributed by atoms with Crippen molar-refractivity contribution in [2.75, 3.05) is 26.2 Å². The molecule has 0 unspecified atom stereocenters. The lowest BCUT2D eigenvalue weighted by Gasteiger charge is -2.22. The number of carbonyl (C=O) groups excluding carboxylic acids is 1. The van der Waals surface area contributed by atoms with E-state index in [4.69, 9.17) is 0 Å². The minimum Gasteiger partial charge on any atom is -0.337 e. The smallest absolute Gasteiger partial charge is 0.253 e. The van der Waals surface area contributed by atoms with Gasteiger partial charge in [0.2, 0.25) is 0 Å². The lowest BCUT2D eigenvalue weighted by atomic mass is 10.2. The highest BCUT2D eigenvalue weighted by Crippen LogP contribution is 2.20. The molecule has 0 saturated carbocycles. The molecule has 2 heterocycles. The summed E-state index contributed by atoms with van der Waals surface area (Å²) in [5.74, 6) is -0.137. The van der Waals surface area contributed by atoms with Crippen molar-refractivity contribution < 1.29 is 9.18 Å². The Hall–Kier alpha value is -2.31. The summed E-state index contributed by atoms with van der Waals surface area (Å²) < 4.78 is 14.1. The van der Waals surface area contributed by atoms with E-state index >= 15 is 0 Å². The van der Waals surface area contributed by atoms with Gasteiger partial charge in [-0.2, -0.15) is 0 Å². The lowest BCUT2D eigenvalue weighted by Crippen LogP contribution is -2.35. The molecule has 1 aliphatic rings. The van der Waals surface area contributed by atoms with Crippen molar-refractivity contribution in [2.45, 2.75) is 13.0 Å². The van der Waals surface area contributed by atoms with Crippen LogP contribution >= 0.6 is 11.3 Å². The maximum Gasteiger partial charge on any atom is 0.253 e. The first kappa shape index (κ1) is 17.1. The monoisotopic (exact) mass is 369 g/mol. The SMILES string of the molecule is O=C(c1ccc2scnc2c1)N1CCCN(Cc2ccc(F)cc2)CC1. The van der Waals surface area contributed by atoms with Crippen molar-refractivity contribution >= 4 is 27.5 Å². The molecule has 4 nitrogen and oxygen atoms in total. The van der Waals surface area contributed by atoms with Crippen LogP contribution in [0.2, 0.25) is 0 Å². The normalized spacial score (nSPS) is 16.0. The van der Waals surface area contributed by atoms with Crippen molar-refractivity contribution in [2.24, 2.45) is 0 Å². The Bertz CT molecular complexity index is 909. The molecule has 0 radical (unpaired) electrons. The van der Waals surface area contributed by atoms with Crippen LogP contribution in [-0.2, 0) is 6.54 Å². The molecule has 134 valence electrons. The van der Waals surface area contributed by atoms with E-state index < -0.39 is 0 Å². The maximum atomic E-state index is 13.0. The van der Waals surface area contributed by atoms with Gasteiger partial charge in [-0.25, -0.2) is 9.37 Å². The second kappa shape index (κ2) is 7.51. The Morgan fingerprint density at radius 1 is 1.08 bits per heavy atom. The van der Waals surface area contributed by atoms with Gasteiger partial charge in [0.25, 0.3) is 5.91 Å². The lowest BCUT2D eigenvalue weighted by molar-refractivity contribution is 0.0761. The van der Waals surface area contributed by atoms with Crippen LogP contribution in [0.15, 0.2) is 48.0 Å². The zero-order valence-corrected chi connectivity index (χ0v) is 15.2. The average Bonchev–Trinajstić information content (AvgIpc) is 3.01. The molecule has 1 saturated heterocycles. The van der Waals surface area contributed by atoms with E-state index in [-0.39, 0.29) is 11.7 Å². The molecule has 3 aromatic rings. The molecule has 1 aliphatic heterocycles. The molecule has 26 heavy (non-hydrogen) atoms. The van der Waals surface area contributed by atoms with Gasteiger partial charge in [-0.3, -0.25) is 9.69 Å². The summed E-state index contributed by atoms with van der Waals surface area (Å²) in [6.07, 6.45) is 0.936. The fourth-order valence-electron chi connectivity index (χ4n) is 3.35. The summed E-state index contributed by atoms with van der Waals surface area (Å²) in [5, 5.41) is 0. The number of hydrogen-bond acceptors (Lipinski definition) is 4. The van der Waals surface area contributed by atoms with Gasteiger partial charge in [-0.15, -0.1) is 11.3 Å².